The summed E-state index contributed by atoms with van der Waals surface area (Å²) in [6.45, 7) is 6.42. The fourth-order valence-electron chi connectivity index (χ4n) is 4.22. The fourth-order valence-corrected chi connectivity index (χ4v) is 4.22. The molecular weight excluding hydrogens is 404 g/mol. The third-order valence-electron chi connectivity index (χ3n) is 6.08. The number of rotatable bonds is 6. The van der Waals surface area contributed by atoms with Crippen LogP contribution in [-0.2, 0) is 4.79 Å². The molecule has 2 aliphatic heterocycles. The summed E-state index contributed by atoms with van der Waals surface area (Å²) in [5.74, 6) is 0.621. The van der Waals surface area contributed by atoms with Crippen LogP contribution in [0, 0.1) is 11.8 Å². The van der Waals surface area contributed by atoms with Gasteiger partial charge in [0, 0.05) is 17.7 Å². The maximum atomic E-state index is 13.0. The molecule has 166 valence electrons. The zero-order chi connectivity index (χ0) is 22.8. The molecular formula is C25H28N4O3. The highest BCUT2D eigenvalue weighted by molar-refractivity contribution is 6.74. The summed E-state index contributed by atoms with van der Waals surface area (Å²) in [5, 5.41) is 5.07. The number of fused-ring (bicyclic) bond motifs is 3. The standard InChI is InChI=1S/C25H28N4O3/c1-15(2)6-5-7-17-8-9-18(16(3)12-17)14-26-29-24(30)23-22(28-25(29)31)20-13-19(32-4)10-11-21(20)27-23/h6,8,10-11,13-14,16,18H,5,7,9,12H2,1-4H3/t16-,18-/m1/s1. The molecule has 3 amide bonds. The average molecular weight is 433 g/mol. The van der Waals surface area contributed by atoms with Gasteiger partial charge in [0.15, 0.2) is 5.71 Å². The van der Waals surface area contributed by atoms with Gasteiger partial charge in [-0.2, -0.15) is 10.1 Å². The van der Waals surface area contributed by atoms with Gasteiger partial charge in [-0.15, -0.1) is 5.01 Å². The van der Waals surface area contributed by atoms with Gasteiger partial charge >= 0.3 is 11.9 Å². The lowest BCUT2D eigenvalue weighted by molar-refractivity contribution is -0.121. The second-order valence-electron chi connectivity index (χ2n) is 8.73. The Bertz CT molecular complexity index is 1110. The number of hydrogen-bond acceptors (Lipinski definition) is 5. The number of carbonyl (C=O) groups is 2. The first-order valence-corrected chi connectivity index (χ1v) is 11.0. The Morgan fingerprint density at radius 3 is 2.78 bits per heavy atom. The third-order valence-corrected chi connectivity index (χ3v) is 6.08. The van der Waals surface area contributed by atoms with E-state index in [1.807, 2.05) is 0 Å². The summed E-state index contributed by atoms with van der Waals surface area (Å²) < 4.78 is 5.23. The van der Waals surface area contributed by atoms with E-state index in [1.54, 1.807) is 31.5 Å². The van der Waals surface area contributed by atoms with E-state index in [4.69, 9.17) is 4.74 Å². The molecule has 0 bridgehead atoms. The van der Waals surface area contributed by atoms with Crippen LogP contribution >= 0.6 is 0 Å². The monoisotopic (exact) mass is 432 g/mol. The van der Waals surface area contributed by atoms with E-state index in [0.29, 0.717) is 22.9 Å². The van der Waals surface area contributed by atoms with Crippen molar-refractivity contribution in [3.8, 4) is 5.75 Å². The number of aliphatic imine (C=N–C) groups is 2. The molecule has 0 N–H and O–H groups in total. The Morgan fingerprint density at radius 1 is 1.25 bits per heavy atom. The van der Waals surface area contributed by atoms with Crippen molar-refractivity contribution < 1.29 is 14.3 Å². The lowest BCUT2D eigenvalue weighted by Crippen LogP contribution is -2.43. The van der Waals surface area contributed by atoms with Crippen LogP contribution < -0.4 is 4.74 Å². The molecule has 0 fully saturated rings. The molecule has 0 saturated carbocycles. The summed E-state index contributed by atoms with van der Waals surface area (Å²) in [6.07, 6.45) is 10.2. The van der Waals surface area contributed by atoms with Gasteiger partial charge in [-0.05, 0) is 63.6 Å². The minimum absolute atomic E-state index is 0.142. The van der Waals surface area contributed by atoms with Crippen molar-refractivity contribution in [1.82, 2.24) is 5.01 Å². The smallest absolute Gasteiger partial charge is 0.372 e. The van der Waals surface area contributed by atoms with Crippen molar-refractivity contribution in [2.45, 2.75) is 46.5 Å². The summed E-state index contributed by atoms with van der Waals surface area (Å²) in [7, 11) is 1.56. The molecule has 0 saturated heterocycles. The minimum atomic E-state index is -0.697. The van der Waals surface area contributed by atoms with Crippen molar-refractivity contribution in [3.63, 3.8) is 0 Å². The molecule has 2 heterocycles. The number of hydrogen-bond donors (Lipinski definition) is 0. The number of allylic oxidation sites excluding steroid dienone is 4. The average Bonchev–Trinajstić information content (AvgIpc) is 3.12. The lowest BCUT2D eigenvalue weighted by Gasteiger charge is -2.26. The number of benzene rings is 1. The summed E-state index contributed by atoms with van der Waals surface area (Å²) in [4.78, 5) is 34.0. The van der Waals surface area contributed by atoms with Crippen LogP contribution in [0.2, 0.25) is 0 Å². The van der Waals surface area contributed by atoms with Gasteiger partial charge < -0.3 is 4.74 Å². The quantitative estimate of drug-likeness (QED) is 0.455. The van der Waals surface area contributed by atoms with E-state index >= 15 is 0 Å². The highest BCUT2D eigenvalue weighted by Crippen LogP contribution is 2.33. The van der Waals surface area contributed by atoms with Gasteiger partial charge in [0.1, 0.15) is 11.5 Å². The first-order valence-electron chi connectivity index (χ1n) is 11.0. The molecule has 1 aromatic carbocycles. The van der Waals surface area contributed by atoms with Gasteiger partial charge in [-0.25, -0.2) is 9.79 Å². The van der Waals surface area contributed by atoms with Crippen LogP contribution in [0.25, 0.3) is 0 Å². The first kappa shape index (κ1) is 21.9. The number of ether oxygens (including phenoxy) is 1. The molecule has 0 unspecified atom stereocenters. The van der Waals surface area contributed by atoms with Crippen LogP contribution in [0.15, 0.2) is 56.6 Å². The lowest BCUT2D eigenvalue weighted by atomic mass is 9.80. The summed E-state index contributed by atoms with van der Waals surface area (Å²) >= 11 is 0. The zero-order valence-electron chi connectivity index (χ0n) is 19.0. The van der Waals surface area contributed by atoms with Gasteiger partial charge in [0.25, 0.3) is 0 Å². The second-order valence-corrected chi connectivity index (χ2v) is 8.73. The minimum Gasteiger partial charge on any atom is -0.497 e. The summed E-state index contributed by atoms with van der Waals surface area (Å²) in [6, 6.07) is 4.54. The number of amides is 3. The number of hydrazone groups is 1. The number of nitrogens with zero attached hydrogens (tertiary/aromatic N) is 4. The van der Waals surface area contributed by atoms with E-state index < -0.39 is 11.9 Å². The molecule has 7 nitrogen and oxygen atoms in total. The molecule has 32 heavy (non-hydrogen) atoms. The Balaban J connectivity index is 1.47. The van der Waals surface area contributed by atoms with Crippen molar-refractivity contribution in [2.24, 2.45) is 26.9 Å². The molecule has 3 aliphatic rings. The Labute approximate surface area is 188 Å². The number of methoxy groups -OCH3 is 1. The van der Waals surface area contributed by atoms with Crippen LogP contribution in [0.3, 0.4) is 0 Å². The summed E-state index contributed by atoms with van der Waals surface area (Å²) in [5.41, 5.74) is 4.45. The van der Waals surface area contributed by atoms with Crippen LogP contribution in [0.1, 0.15) is 52.0 Å². The third kappa shape index (κ3) is 4.33. The SMILES string of the molecule is COc1ccc2c(c1)C1=NC(=O)N(N=C[C@H]3CC=C(CCC=C(C)C)C[C@H]3C)C(=O)C1=N2. The second kappa shape index (κ2) is 9.02. The Hall–Kier alpha value is -3.35. The highest BCUT2D eigenvalue weighted by atomic mass is 16.5. The maximum absolute atomic E-state index is 13.0. The van der Waals surface area contributed by atoms with Crippen molar-refractivity contribution >= 4 is 35.3 Å². The highest BCUT2D eigenvalue weighted by Gasteiger charge is 2.39. The molecule has 0 radical (unpaired) electrons. The largest absolute Gasteiger partial charge is 0.497 e. The van der Waals surface area contributed by atoms with Gasteiger partial charge in [-0.3, -0.25) is 4.79 Å². The number of urea groups is 1. The van der Waals surface area contributed by atoms with E-state index in [-0.39, 0.29) is 17.3 Å². The first-order chi connectivity index (χ1) is 15.4. The molecule has 7 heteroatoms. The topological polar surface area (TPSA) is 83.7 Å². The van der Waals surface area contributed by atoms with E-state index in [9.17, 15) is 9.59 Å². The fraction of sp³-hybridized carbons (Fsp3) is 0.400. The zero-order valence-corrected chi connectivity index (χ0v) is 19.0. The normalized spacial score (nSPS) is 22.2. The predicted octanol–water partition coefficient (Wildman–Crippen LogP) is 5.24. The molecule has 4 rings (SSSR count). The Kier molecular flexibility index (Phi) is 6.17. The van der Waals surface area contributed by atoms with Crippen LogP contribution in [0.4, 0.5) is 10.5 Å². The van der Waals surface area contributed by atoms with Gasteiger partial charge in [0.05, 0.1) is 12.8 Å². The Morgan fingerprint density at radius 2 is 2.06 bits per heavy atom. The van der Waals surface area contributed by atoms with Crippen LogP contribution in [-0.4, -0.2) is 41.7 Å². The number of carbonyl (C=O) groups excluding carboxylic acids is 2. The number of imide groups is 1. The van der Waals surface area contributed by atoms with E-state index in [0.717, 1.165) is 30.7 Å². The van der Waals surface area contributed by atoms with Crippen molar-refractivity contribution in [1.29, 1.82) is 0 Å². The molecule has 0 aromatic heterocycles. The van der Waals surface area contributed by atoms with Gasteiger partial charge in [0.2, 0.25) is 0 Å². The maximum Gasteiger partial charge on any atom is 0.372 e. The van der Waals surface area contributed by atoms with Crippen molar-refractivity contribution in [3.05, 3.63) is 47.1 Å². The van der Waals surface area contributed by atoms with Gasteiger partial charge in [-0.1, -0.05) is 30.2 Å². The predicted molar refractivity (Wildman–Crippen MR) is 126 cm³/mol. The molecule has 2 atom stereocenters. The molecule has 1 aliphatic carbocycles. The molecule has 1 aromatic rings. The van der Waals surface area contributed by atoms with Crippen LogP contribution in [0.5, 0.6) is 5.75 Å². The van der Waals surface area contributed by atoms with E-state index in [1.165, 1.54) is 11.1 Å². The van der Waals surface area contributed by atoms with Crippen molar-refractivity contribution in [2.75, 3.05) is 7.11 Å². The van der Waals surface area contributed by atoms with E-state index in [2.05, 4.69) is 48.0 Å². The molecule has 0 spiro atoms.